The van der Waals surface area contributed by atoms with Gasteiger partial charge in [0.25, 0.3) is 0 Å². The molecule has 0 unspecified atom stereocenters. The third-order valence-electron chi connectivity index (χ3n) is 2.01. The molecular weight excluding hydrogens is 170 g/mol. The van der Waals surface area contributed by atoms with Crippen LogP contribution in [-0.2, 0) is 14.3 Å². The van der Waals surface area contributed by atoms with Crippen LogP contribution in [0.2, 0.25) is 0 Å². The van der Waals surface area contributed by atoms with Crippen LogP contribution in [0.3, 0.4) is 0 Å². The zero-order valence-corrected chi connectivity index (χ0v) is 7.70. The molecule has 0 amide bonds. The minimum atomic E-state index is 0.128. The number of carbonyl (C=O) groups excluding carboxylic acids is 2. The van der Waals surface area contributed by atoms with Gasteiger partial charge in [0.05, 0.1) is 13.2 Å². The number of ketones is 1. The number of carbonyl (C=O) groups is 2. The van der Waals surface area contributed by atoms with E-state index in [9.17, 15) is 9.59 Å². The van der Waals surface area contributed by atoms with Crippen molar-refractivity contribution in [3.63, 3.8) is 0 Å². The smallest absolute Gasteiger partial charge is 0.172 e. The van der Waals surface area contributed by atoms with Crippen molar-refractivity contribution in [1.29, 1.82) is 0 Å². The van der Waals surface area contributed by atoms with Crippen molar-refractivity contribution in [3.05, 3.63) is 0 Å². The van der Waals surface area contributed by atoms with Crippen LogP contribution in [0, 0.1) is 0 Å². The molecule has 1 aliphatic rings. The van der Waals surface area contributed by atoms with Crippen LogP contribution in [0.25, 0.3) is 0 Å². The van der Waals surface area contributed by atoms with E-state index in [0.29, 0.717) is 19.6 Å². The molecule has 0 aromatic rings. The van der Waals surface area contributed by atoms with Crippen LogP contribution in [0.1, 0.15) is 12.8 Å². The summed E-state index contributed by atoms with van der Waals surface area (Å²) in [6.07, 6.45) is 2.32. The van der Waals surface area contributed by atoms with Crippen molar-refractivity contribution < 1.29 is 14.3 Å². The minimum absolute atomic E-state index is 0.128. The van der Waals surface area contributed by atoms with Gasteiger partial charge in [0.1, 0.15) is 12.9 Å². The van der Waals surface area contributed by atoms with Crippen LogP contribution >= 0.6 is 0 Å². The topological polar surface area (TPSA) is 46.6 Å². The fraction of sp³-hybridized carbons (Fsp3) is 0.778. The average molecular weight is 185 g/mol. The number of nitrogens with zero attached hydrogens (tertiary/aromatic N) is 1. The van der Waals surface area contributed by atoms with Gasteiger partial charge in [0.15, 0.2) is 5.78 Å². The number of unbranched alkanes of at least 4 members (excludes halogenated alkanes) is 1. The molecule has 4 nitrogen and oxygen atoms in total. The highest BCUT2D eigenvalue weighted by atomic mass is 16.5. The van der Waals surface area contributed by atoms with E-state index in [1.54, 1.807) is 0 Å². The molecule has 0 bridgehead atoms. The third kappa shape index (κ3) is 4.15. The second-order valence-corrected chi connectivity index (χ2v) is 3.18. The lowest BCUT2D eigenvalue weighted by Gasteiger charge is -2.16. The Bertz CT molecular complexity index is 182. The first-order valence-electron chi connectivity index (χ1n) is 4.58. The maximum Gasteiger partial charge on any atom is 0.172 e. The first kappa shape index (κ1) is 10.3. The van der Waals surface area contributed by atoms with Crippen LogP contribution in [-0.4, -0.2) is 49.8 Å². The molecule has 4 heteroatoms. The summed E-state index contributed by atoms with van der Waals surface area (Å²) in [4.78, 5) is 23.2. The summed E-state index contributed by atoms with van der Waals surface area (Å²) < 4.78 is 5.08. The number of aldehydes is 1. The predicted octanol–water partition coefficient (Wildman–Crippen LogP) is -0.133. The van der Waals surface area contributed by atoms with Gasteiger partial charge in [0.2, 0.25) is 0 Å². The molecule has 1 saturated heterocycles. The van der Waals surface area contributed by atoms with Crippen molar-refractivity contribution >= 4 is 12.1 Å². The van der Waals surface area contributed by atoms with E-state index in [2.05, 4.69) is 0 Å². The van der Waals surface area contributed by atoms with E-state index in [4.69, 9.17) is 4.74 Å². The Balaban J connectivity index is 2.22. The van der Waals surface area contributed by atoms with Gasteiger partial charge in [-0.3, -0.25) is 9.69 Å². The van der Waals surface area contributed by atoms with E-state index in [1.807, 2.05) is 4.90 Å². The fourth-order valence-electron chi connectivity index (χ4n) is 1.34. The molecule has 1 rings (SSSR count). The van der Waals surface area contributed by atoms with E-state index < -0.39 is 0 Å². The molecular formula is C9H15NO3. The summed E-state index contributed by atoms with van der Waals surface area (Å²) in [5.41, 5.74) is 0. The maximum absolute atomic E-state index is 11.1. The number of rotatable bonds is 4. The minimum Gasteiger partial charge on any atom is -0.372 e. The first-order chi connectivity index (χ1) is 6.33. The average Bonchev–Trinajstić information content (AvgIpc) is 2.31. The van der Waals surface area contributed by atoms with E-state index >= 15 is 0 Å². The Morgan fingerprint density at radius 3 is 3.15 bits per heavy atom. The molecule has 74 valence electrons. The maximum atomic E-state index is 11.1. The van der Waals surface area contributed by atoms with E-state index in [1.165, 1.54) is 0 Å². The van der Waals surface area contributed by atoms with Gasteiger partial charge in [-0.2, -0.15) is 0 Å². The molecule has 0 aromatic carbocycles. The molecule has 13 heavy (non-hydrogen) atoms. The summed E-state index contributed by atoms with van der Waals surface area (Å²) in [6.45, 7) is 2.94. The van der Waals surface area contributed by atoms with Gasteiger partial charge >= 0.3 is 0 Å². The predicted molar refractivity (Wildman–Crippen MR) is 47.6 cm³/mol. The van der Waals surface area contributed by atoms with Crippen LogP contribution < -0.4 is 0 Å². The molecule has 0 saturated carbocycles. The van der Waals surface area contributed by atoms with Gasteiger partial charge in [0, 0.05) is 13.0 Å². The normalized spacial score (nSPS) is 19.8. The lowest BCUT2D eigenvalue weighted by molar-refractivity contribution is -0.122. The Morgan fingerprint density at radius 1 is 1.54 bits per heavy atom. The Kier molecular flexibility index (Phi) is 4.64. The standard InChI is InChI=1S/C9H15NO3/c11-5-2-1-3-10-4-6-13-8-9(12)7-10/h5H,1-4,6-8H2. The molecule has 1 aliphatic heterocycles. The van der Waals surface area contributed by atoms with Crippen molar-refractivity contribution in [1.82, 2.24) is 4.90 Å². The van der Waals surface area contributed by atoms with Gasteiger partial charge in [-0.05, 0) is 13.0 Å². The van der Waals surface area contributed by atoms with Crippen molar-refractivity contribution in [3.8, 4) is 0 Å². The quantitative estimate of drug-likeness (QED) is 0.452. The zero-order chi connectivity index (χ0) is 9.52. The molecule has 0 spiro atoms. The highest BCUT2D eigenvalue weighted by Gasteiger charge is 2.14. The van der Waals surface area contributed by atoms with Gasteiger partial charge in [-0.1, -0.05) is 0 Å². The van der Waals surface area contributed by atoms with E-state index in [0.717, 1.165) is 25.8 Å². The molecule has 1 fully saturated rings. The van der Waals surface area contributed by atoms with E-state index in [-0.39, 0.29) is 12.4 Å². The Labute approximate surface area is 77.8 Å². The highest BCUT2D eigenvalue weighted by molar-refractivity contribution is 5.81. The molecule has 0 atom stereocenters. The summed E-state index contributed by atoms with van der Waals surface area (Å²) >= 11 is 0. The molecule has 0 aliphatic carbocycles. The molecule has 1 heterocycles. The van der Waals surface area contributed by atoms with Gasteiger partial charge in [-0.15, -0.1) is 0 Å². The fourth-order valence-corrected chi connectivity index (χ4v) is 1.34. The molecule has 0 N–H and O–H groups in total. The third-order valence-corrected chi connectivity index (χ3v) is 2.01. The number of hydrogen-bond acceptors (Lipinski definition) is 4. The van der Waals surface area contributed by atoms with Crippen molar-refractivity contribution in [2.45, 2.75) is 12.8 Å². The molecule has 0 aromatic heterocycles. The van der Waals surface area contributed by atoms with Crippen LogP contribution in [0.15, 0.2) is 0 Å². The van der Waals surface area contributed by atoms with Crippen molar-refractivity contribution in [2.24, 2.45) is 0 Å². The summed E-state index contributed by atoms with van der Waals surface area (Å²) in [5, 5.41) is 0. The Morgan fingerprint density at radius 2 is 2.38 bits per heavy atom. The lowest BCUT2D eigenvalue weighted by atomic mass is 10.3. The summed E-state index contributed by atoms with van der Waals surface area (Å²) in [7, 11) is 0. The second kappa shape index (κ2) is 5.83. The van der Waals surface area contributed by atoms with Crippen molar-refractivity contribution in [2.75, 3.05) is 32.8 Å². The highest BCUT2D eigenvalue weighted by Crippen LogP contribution is 1.98. The zero-order valence-electron chi connectivity index (χ0n) is 7.70. The Hall–Kier alpha value is -0.740. The number of hydrogen-bond donors (Lipinski definition) is 0. The van der Waals surface area contributed by atoms with Gasteiger partial charge in [-0.25, -0.2) is 0 Å². The summed E-state index contributed by atoms with van der Waals surface area (Å²) in [5.74, 6) is 0.128. The second-order valence-electron chi connectivity index (χ2n) is 3.18. The first-order valence-corrected chi connectivity index (χ1v) is 4.58. The van der Waals surface area contributed by atoms with Crippen LogP contribution in [0.4, 0.5) is 0 Å². The number of Topliss-reactive ketones (excluding diaryl/α,β-unsaturated/α-hetero) is 1. The SMILES string of the molecule is O=CCCCN1CCOCC(=O)C1. The summed E-state index contributed by atoms with van der Waals surface area (Å²) in [6, 6.07) is 0. The number of ether oxygens (including phenoxy) is 1. The molecule has 0 radical (unpaired) electrons. The largest absolute Gasteiger partial charge is 0.372 e. The lowest BCUT2D eigenvalue weighted by Crippen LogP contribution is -2.31. The van der Waals surface area contributed by atoms with Crippen LogP contribution in [0.5, 0.6) is 0 Å². The van der Waals surface area contributed by atoms with Gasteiger partial charge < -0.3 is 9.53 Å². The monoisotopic (exact) mass is 185 g/mol.